The van der Waals surface area contributed by atoms with E-state index < -0.39 is 0 Å². The fourth-order valence-corrected chi connectivity index (χ4v) is 3.67. The van der Waals surface area contributed by atoms with E-state index in [-0.39, 0.29) is 11.4 Å². The van der Waals surface area contributed by atoms with Gasteiger partial charge in [-0.15, -0.1) is 0 Å². The topological polar surface area (TPSA) is 51.0 Å². The number of pyridine rings is 1. The van der Waals surface area contributed by atoms with Crippen LogP contribution in [0, 0.1) is 5.82 Å². The van der Waals surface area contributed by atoms with Crippen molar-refractivity contribution in [3.8, 4) is 5.69 Å². The van der Waals surface area contributed by atoms with E-state index in [1.807, 2.05) is 6.07 Å². The van der Waals surface area contributed by atoms with E-state index in [4.69, 9.17) is 0 Å². The monoisotopic (exact) mass is 372 g/mol. The van der Waals surface area contributed by atoms with Gasteiger partial charge in [0, 0.05) is 25.5 Å². The van der Waals surface area contributed by atoms with Gasteiger partial charge < -0.3 is 4.90 Å². The smallest absolute Gasteiger partial charge is 0.266 e. The van der Waals surface area contributed by atoms with E-state index in [0.717, 1.165) is 19.5 Å². The summed E-state index contributed by atoms with van der Waals surface area (Å²) in [6.07, 6.45) is 4.14. The third kappa shape index (κ3) is 2.83. The van der Waals surface area contributed by atoms with Crippen LogP contribution in [0.3, 0.4) is 0 Å². The fourth-order valence-electron chi connectivity index (χ4n) is 3.67. The van der Waals surface area contributed by atoms with Gasteiger partial charge in [-0.25, -0.2) is 14.4 Å². The molecule has 2 aromatic heterocycles. The summed E-state index contributed by atoms with van der Waals surface area (Å²) in [4.78, 5) is 24.0. The van der Waals surface area contributed by atoms with Gasteiger partial charge in [0.05, 0.1) is 16.6 Å². The predicted molar refractivity (Wildman–Crippen MR) is 106 cm³/mol. The van der Waals surface area contributed by atoms with Crippen molar-refractivity contribution in [3.63, 3.8) is 0 Å². The Hall–Kier alpha value is -3.54. The fraction of sp³-hybridized carbons (Fsp3) is 0.136. The third-order valence-corrected chi connectivity index (χ3v) is 5.14. The SMILES string of the molecule is O=c1c2cnc(N3CCc4ccccc4C3)nc2ccn1-c1cccc(F)c1. The molecule has 5 nitrogen and oxygen atoms in total. The third-order valence-electron chi connectivity index (χ3n) is 5.14. The molecule has 2 aromatic carbocycles. The Balaban J connectivity index is 1.53. The number of halogens is 1. The van der Waals surface area contributed by atoms with E-state index >= 15 is 0 Å². The molecule has 0 atom stereocenters. The summed E-state index contributed by atoms with van der Waals surface area (Å²) in [5, 5.41) is 0.410. The van der Waals surface area contributed by atoms with E-state index in [1.165, 1.54) is 27.8 Å². The maximum absolute atomic E-state index is 13.5. The Kier molecular flexibility index (Phi) is 3.90. The van der Waals surface area contributed by atoms with Crippen molar-refractivity contribution in [1.82, 2.24) is 14.5 Å². The van der Waals surface area contributed by atoms with Crippen LogP contribution < -0.4 is 10.5 Å². The van der Waals surface area contributed by atoms with E-state index in [9.17, 15) is 9.18 Å². The molecule has 3 heterocycles. The molecule has 6 heteroatoms. The highest BCUT2D eigenvalue weighted by atomic mass is 19.1. The van der Waals surface area contributed by atoms with Gasteiger partial charge in [-0.2, -0.15) is 0 Å². The second kappa shape index (κ2) is 6.56. The minimum atomic E-state index is -0.388. The molecule has 28 heavy (non-hydrogen) atoms. The molecule has 138 valence electrons. The Morgan fingerprint density at radius 2 is 1.86 bits per heavy atom. The van der Waals surface area contributed by atoms with E-state index in [1.54, 1.807) is 30.6 Å². The number of aromatic nitrogens is 3. The van der Waals surface area contributed by atoms with Gasteiger partial charge in [0.25, 0.3) is 5.56 Å². The largest absolute Gasteiger partial charge is 0.336 e. The molecule has 0 saturated carbocycles. The molecule has 0 saturated heterocycles. The molecule has 0 fully saturated rings. The van der Waals surface area contributed by atoms with Crippen molar-refractivity contribution in [2.45, 2.75) is 13.0 Å². The van der Waals surface area contributed by atoms with Crippen LogP contribution in [0.2, 0.25) is 0 Å². The number of hydrogen-bond acceptors (Lipinski definition) is 4. The summed E-state index contributed by atoms with van der Waals surface area (Å²) in [5.41, 5.74) is 3.43. The molecule has 0 radical (unpaired) electrons. The average Bonchev–Trinajstić information content (AvgIpc) is 2.73. The van der Waals surface area contributed by atoms with Crippen LogP contribution in [-0.2, 0) is 13.0 Å². The summed E-state index contributed by atoms with van der Waals surface area (Å²) < 4.78 is 14.9. The van der Waals surface area contributed by atoms with E-state index in [0.29, 0.717) is 22.5 Å². The van der Waals surface area contributed by atoms with Crippen molar-refractivity contribution in [2.75, 3.05) is 11.4 Å². The standard InChI is InChI=1S/C22H17FN4O/c23-17-6-3-7-18(12-17)27-11-9-20-19(21(27)28)13-24-22(25-20)26-10-8-15-4-1-2-5-16(15)14-26/h1-7,9,11-13H,8,10,14H2. The lowest BCUT2D eigenvalue weighted by Gasteiger charge is -2.28. The lowest BCUT2D eigenvalue weighted by molar-refractivity contribution is 0.626. The highest BCUT2D eigenvalue weighted by Gasteiger charge is 2.19. The van der Waals surface area contributed by atoms with Crippen LogP contribution in [0.25, 0.3) is 16.6 Å². The molecule has 0 unspecified atom stereocenters. The summed E-state index contributed by atoms with van der Waals surface area (Å²) >= 11 is 0. The zero-order valence-corrected chi connectivity index (χ0v) is 15.0. The molecule has 0 bridgehead atoms. The van der Waals surface area contributed by atoms with Gasteiger partial charge in [0.1, 0.15) is 5.82 Å². The van der Waals surface area contributed by atoms with Crippen molar-refractivity contribution >= 4 is 16.9 Å². The molecule has 5 rings (SSSR count). The number of rotatable bonds is 2. The minimum Gasteiger partial charge on any atom is -0.336 e. The Bertz CT molecular complexity index is 1250. The van der Waals surface area contributed by atoms with Crippen molar-refractivity contribution < 1.29 is 4.39 Å². The van der Waals surface area contributed by atoms with Gasteiger partial charge in [0.15, 0.2) is 0 Å². The van der Waals surface area contributed by atoms with Crippen LogP contribution in [0.5, 0.6) is 0 Å². The molecule has 0 N–H and O–H groups in total. The Morgan fingerprint density at radius 1 is 1.00 bits per heavy atom. The summed E-state index contributed by atoms with van der Waals surface area (Å²) in [7, 11) is 0. The zero-order valence-electron chi connectivity index (χ0n) is 15.0. The van der Waals surface area contributed by atoms with Crippen LogP contribution in [-0.4, -0.2) is 21.1 Å². The van der Waals surface area contributed by atoms with Crippen LogP contribution in [0.15, 0.2) is 71.8 Å². The van der Waals surface area contributed by atoms with E-state index in [2.05, 4.69) is 33.1 Å². The zero-order chi connectivity index (χ0) is 19.1. The first kappa shape index (κ1) is 16.6. The number of fused-ring (bicyclic) bond motifs is 2. The second-order valence-electron chi connectivity index (χ2n) is 6.88. The summed E-state index contributed by atoms with van der Waals surface area (Å²) in [6, 6.07) is 16.1. The Morgan fingerprint density at radius 3 is 2.71 bits per heavy atom. The van der Waals surface area contributed by atoms with Crippen molar-refractivity contribution in [1.29, 1.82) is 0 Å². The number of benzene rings is 2. The highest BCUT2D eigenvalue weighted by molar-refractivity contribution is 5.78. The summed E-state index contributed by atoms with van der Waals surface area (Å²) in [6.45, 7) is 1.59. The average molecular weight is 372 g/mol. The lowest BCUT2D eigenvalue weighted by Crippen LogP contribution is -2.31. The lowest BCUT2D eigenvalue weighted by atomic mass is 10.0. The van der Waals surface area contributed by atoms with Gasteiger partial charge in [-0.1, -0.05) is 30.3 Å². The van der Waals surface area contributed by atoms with Gasteiger partial charge >= 0.3 is 0 Å². The molecular formula is C22H17FN4O. The van der Waals surface area contributed by atoms with Crippen molar-refractivity contribution in [2.24, 2.45) is 0 Å². The van der Waals surface area contributed by atoms with Crippen molar-refractivity contribution in [3.05, 3.63) is 94.3 Å². The highest BCUT2D eigenvalue weighted by Crippen LogP contribution is 2.22. The van der Waals surface area contributed by atoms with Crippen LogP contribution in [0.1, 0.15) is 11.1 Å². The van der Waals surface area contributed by atoms with Gasteiger partial charge in [-0.05, 0) is 41.8 Å². The molecule has 4 aromatic rings. The molecule has 1 aliphatic rings. The normalized spacial score (nSPS) is 13.5. The first-order valence-corrected chi connectivity index (χ1v) is 9.15. The quantitative estimate of drug-likeness (QED) is 0.541. The first-order valence-electron chi connectivity index (χ1n) is 9.15. The van der Waals surface area contributed by atoms with Gasteiger partial charge in [-0.3, -0.25) is 9.36 Å². The molecule has 1 aliphatic heterocycles. The summed E-state index contributed by atoms with van der Waals surface area (Å²) in [5.74, 6) is 0.228. The number of nitrogens with zero attached hydrogens (tertiary/aromatic N) is 4. The Labute approximate surface area is 160 Å². The predicted octanol–water partition coefficient (Wildman–Crippen LogP) is 3.48. The molecule has 0 amide bonds. The van der Waals surface area contributed by atoms with Crippen LogP contribution in [0.4, 0.5) is 10.3 Å². The molecular weight excluding hydrogens is 355 g/mol. The minimum absolute atomic E-state index is 0.265. The van der Waals surface area contributed by atoms with Crippen LogP contribution >= 0.6 is 0 Å². The maximum atomic E-state index is 13.5. The molecule has 0 aliphatic carbocycles. The maximum Gasteiger partial charge on any atom is 0.266 e. The van der Waals surface area contributed by atoms with Gasteiger partial charge in [0.2, 0.25) is 5.95 Å². The molecule has 0 spiro atoms. The number of hydrogen-bond donors (Lipinski definition) is 0. The number of anilines is 1. The second-order valence-corrected chi connectivity index (χ2v) is 6.88. The first-order chi connectivity index (χ1) is 13.7.